The Morgan fingerprint density at radius 1 is 1.17 bits per heavy atom. The lowest BCUT2D eigenvalue weighted by Crippen LogP contribution is -2.11. The maximum absolute atomic E-state index is 11.1. The molecule has 0 saturated carbocycles. The van der Waals surface area contributed by atoms with Crippen LogP contribution < -0.4 is 0 Å². The SMILES string of the molecule is CC(Sc1ccncc1Cc1ccc(Cl)c2ccccc12)C(=O)O. The largest absolute Gasteiger partial charge is 0.480 e. The zero-order chi connectivity index (χ0) is 17.1. The van der Waals surface area contributed by atoms with E-state index in [-0.39, 0.29) is 0 Å². The first kappa shape index (κ1) is 16.8. The number of hydrogen-bond donors (Lipinski definition) is 1. The Morgan fingerprint density at radius 2 is 1.92 bits per heavy atom. The van der Waals surface area contributed by atoms with Crippen molar-refractivity contribution < 1.29 is 9.90 Å². The third-order valence-corrected chi connectivity index (χ3v) is 5.39. The molecule has 24 heavy (non-hydrogen) atoms. The number of carboxylic acid groups (broad SMARTS) is 1. The van der Waals surface area contributed by atoms with Crippen LogP contribution in [0, 0.1) is 0 Å². The number of thioether (sulfide) groups is 1. The molecule has 2 aromatic carbocycles. The first-order valence-electron chi connectivity index (χ1n) is 7.54. The van der Waals surface area contributed by atoms with Crippen LogP contribution in [0.25, 0.3) is 10.8 Å². The van der Waals surface area contributed by atoms with Gasteiger partial charge in [-0.3, -0.25) is 9.78 Å². The van der Waals surface area contributed by atoms with E-state index in [9.17, 15) is 4.79 Å². The van der Waals surface area contributed by atoms with Crippen LogP contribution in [0.5, 0.6) is 0 Å². The second-order valence-corrected chi connectivity index (χ2v) is 7.30. The summed E-state index contributed by atoms with van der Waals surface area (Å²) < 4.78 is 0. The summed E-state index contributed by atoms with van der Waals surface area (Å²) in [7, 11) is 0. The molecule has 5 heteroatoms. The Morgan fingerprint density at radius 3 is 2.67 bits per heavy atom. The van der Waals surface area contributed by atoms with E-state index in [0.717, 1.165) is 31.8 Å². The van der Waals surface area contributed by atoms with Gasteiger partial charge in [-0.15, -0.1) is 11.8 Å². The van der Waals surface area contributed by atoms with Crippen LogP contribution in [0.1, 0.15) is 18.1 Å². The van der Waals surface area contributed by atoms with Crippen LogP contribution in [0.3, 0.4) is 0 Å². The van der Waals surface area contributed by atoms with Gasteiger partial charge in [0.2, 0.25) is 0 Å². The minimum atomic E-state index is -0.820. The molecular weight excluding hydrogens is 342 g/mol. The van der Waals surface area contributed by atoms with Gasteiger partial charge in [0.25, 0.3) is 0 Å². The van der Waals surface area contributed by atoms with Gasteiger partial charge in [0, 0.05) is 34.1 Å². The number of nitrogens with zero attached hydrogens (tertiary/aromatic N) is 1. The van der Waals surface area contributed by atoms with Crippen LogP contribution in [-0.4, -0.2) is 21.3 Å². The number of hydrogen-bond acceptors (Lipinski definition) is 3. The van der Waals surface area contributed by atoms with Gasteiger partial charge in [0.05, 0.1) is 0 Å². The molecular formula is C19H16ClNO2S. The summed E-state index contributed by atoms with van der Waals surface area (Å²) in [5, 5.41) is 11.5. The first-order chi connectivity index (χ1) is 11.6. The van der Waals surface area contributed by atoms with E-state index >= 15 is 0 Å². The highest BCUT2D eigenvalue weighted by Crippen LogP contribution is 2.31. The second-order valence-electron chi connectivity index (χ2n) is 5.51. The minimum absolute atomic E-state index is 0.506. The monoisotopic (exact) mass is 357 g/mol. The zero-order valence-corrected chi connectivity index (χ0v) is 14.6. The van der Waals surface area contributed by atoms with Crippen molar-refractivity contribution in [3.05, 3.63) is 71.0 Å². The van der Waals surface area contributed by atoms with Crippen LogP contribution in [0.4, 0.5) is 0 Å². The summed E-state index contributed by atoms with van der Waals surface area (Å²) in [6, 6.07) is 13.8. The molecule has 3 aromatic rings. The minimum Gasteiger partial charge on any atom is -0.480 e. The van der Waals surface area contributed by atoms with Crippen LogP contribution >= 0.6 is 23.4 Å². The van der Waals surface area contributed by atoms with Crippen LogP contribution in [0.15, 0.2) is 59.8 Å². The summed E-state index contributed by atoms with van der Waals surface area (Å²) in [4.78, 5) is 16.3. The Kier molecular flexibility index (Phi) is 5.07. The molecule has 0 fully saturated rings. The summed E-state index contributed by atoms with van der Waals surface area (Å²) >= 11 is 7.63. The van der Waals surface area contributed by atoms with Gasteiger partial charge in [-0.25, -0.2) is 0 Å². The number of aromatic nitrogens is 1. The van der Waals surface area contributed by atoms with Crippen molar-refractivity contribution in [2.24, 2.45) is 0 Å². The third kappa shape index (κ3) is 3.55. The van der Waals surface area contributed by atoms with Crippen molar-refractivity contribution >= 4 is 40.1 Å². The van der Waals surface area contributed by atoms with Gasteiger partial charge in [-0.1, -0.05) is 41.9 Å². The Hall–Kier alpha value is -2.04. The molecule has 0 amide bonds. The molecule has 0 spiro atoms. The Labute approximate surface area is 149 Å². The molecule has 1 heterocycles. The first-order valence-corrected chi connectivity index (χ1v) is 8.80. The van der Waals surface area contributed by atoms with Gasteiger partial charge in [0.1, 0.15) is 5.25 Å². The molecule has 0 aliphatic carbocycles. The van der Waals surface area contributed by atoms with Gasteiger partial charge in [-0.2, -0.15) is 0 Å². The predicted molar refractivity (Wildman–Crippen MR) is 99.0 cm³/mol. The number of carbonyl (C=O) groups is 1. The highest BCUT2D eigenvalue weighted by atomic mass is 35.5. The molecule has 3 nitrogen and oxygen atoms in total. The highest BCUT2D eigenvalue weighted by Gasteiger charge is 2.15. The van der Waals surface area contributed by atoms with E-state index in [1.807, 2.05) is 36.4 Å². The summed E-state index contributed by atoms with van der Waals surface area (Å²) in [6.45, 7) is 1.69. The molecule has 1 N–H and O–H groups in total. The maximum Gasteiger partial charge on any atom is 0.316 e. The summed E-state index contributed by atoms with van der Waals surface area (Å²) in [6.07, 6.45) is 4.18. The lowest BCUT2D eigenvalue weighted by molar-refractivity contribution is -0.136. The molecule has 1 aromatic heterocycles. The lowest BCUT2D eigenvalue weighted by atomic mass is 9.99. The molecule has 0 radical (unpaired) electrons. The van der Waals surface area contributed by atoms with Crippen molar-refractivity contribution in [1.82, 2.24) is 4.98 Å². The van der Waals surface area contributed by atoms with E-state index in [2.05, 4.69) is 11.1 Å². The molecule has 0 saturated heterocycles. The zero-order valence-electron chi connectivity index (χ0n) is 13.1. The number of halogens is 1. The van der Waals surface area contributed by atoms with Crippen molar-refractivity contribution in [2.75, 3.05) is 0 Å². The Bertz CT molecular complexity index is 897. The Balaban J connectivity index is 1.98. The van der Waals surface area contributed by atoms with Crippen molar-refractivity contribution in [2.45, 2.75) is 23.5 Å². The van der Waals surface area contributed by atoms with Crippen LogP contribution in [0.2, 0.25) is 5.02 Å². The second kappa shape index (κ2) is 7.24. The van der Waals surface area contributed by atoms with E-state index < -0.39 is 11.2 Å². The number of carboxylic acids is 1. The lowest BCUT2D eigenvalue weighted by Gasteiger charge is -2.13. The molecule has 0 aliphatic rings. The topological polar surface area (TPSA) is 50.2 Å². The number of benzene rings is 2. The predicted octanol–water partition coefficient (Wildman–Crippen LogP) is 5.04. The summed E-state index contributed by atoms with van der Waals surface area (Å²) in [5.74, 6) is -0.820. The van der Waals surface area contributed by atoms with Crippen molar-refractivity contribution in [3.8, 4) is 0 Å². The highest BCUT2D eigenvalue weighted by molar-refractivity contribution is 8.00. The normalized spacial score (nSPS) is 12.2. The third-order valence-electron chi connectivity index (χ3n) is 3.85. The fourth-order valence-corrected chi connectivity index (χ4v) is 3.71. The van der Waals surface area contributed by atoms with Gasteiger partial charge in [0.15, 0.2) is 0 Å². The number of pyridine rings is 1. The molecule has 1 unspecified atom stereocenters. The van der Waals surface area contributed by atoms with Gasteiger partial charge < -0.3 is 5.11 Å². The van der Waals surface area contributed by atoms with E-state index in [1.165, 1.54) is 11.8 Å². The summed E-state index contributed by atoms with van der Waals surface area (Å²) in [5.41, 5.74) is 2.16. The smallest absolute Gasteiger partial charge is 0.316 e. The molecule has 3 rings (SSSR count). The fraction of sp³-hybridized carbons (Fsp3) is 0.158. The van der Waals surface area contributed by atoms with Gasteiger partial charge >= 0.3 is 5.97 Å². The maximum atomic E-state index is 11.1. The quantitative estimate of drug-likeness (QED) is 0.649. The van der Waals surface area contributed by atoms with Crippen molar-refractivity contribution in [1.29, 1.82) is 0 Å². The average Bonchev–Trinajstić information content (AvgIpc) is 2.59. The molecule has 122 valence electrons. The molecule has 0 bridgehead atoms. The van der Waals surface area contributed by atoms with E-state index in [1.54, 1.807) is 19.3 Å². The number of rotatable bonds is 5. The van der Waals surface area contributed by atoms with Crippen LogP contribution in [-0.2, 0) is 11.2 Å². The van der Waals surface area contributed by atoms with E-state index in [0.29, 0.717) is 6.42 Å². The van der Waals surface area contributed by atoms with Gasteiger partial charge in [-0.05, 0) is 35.6 Å². The van der Waals surface area contributed by atoms with Crippen molar-refractivity contribution in [3.63, 3.8) is 0 Å². The molecule has 1 atom stereocenters. The molecule has 0 aliphatic heterocycles. The number of aliphatic carboxylic acids is 1. The number of fused-ring (bicyclic) bond motifs is 1. The average molecular weight is 358 g/mol. The van der Waals surface area contributed by atoms with E-state index in [4.69, 9.17) is 16.7 Å². The standard InChI is InChI=1S/C19H16ClNO2S/c1-12(19(22)23)24-18-8-9-21-11-14(18)10-13-6-7-17(20)16-5-3-2-4-15(13)16/h2-9,11-12H,10H2,1H3,(H,22,23). The fourth-order valence-electron chi connectivity index (χ4n) is 2.59.